The number of piperazine rings is 1. The number of fused-ring (bicyclic) bond motifs is 2. The van der Waals surface area contributed by atoms with Gasteiger partial charge in [-0.1, -0.05) is 36.4 Å². The van der Waals surface area contributed by atoms with Gasteiger partial charge in [-0.25, -0.2) is 4.90 Å². The maximum atomic E-state index is 13.6. The number of nitrogens with two attached hydrogens (primary N) is 1. The van der Waals surface area contributed by atoms with Crippen LogP contribution in [0, 0.1) is 0 Å². The van der Waals surface area contributed by atoms with Gasteiger partial charge in [0, 0.05) is 63.1 Å². The van der Waals surface area contributed by atoms with Crippen LogP contribution in [0.4, 0.5) is 11.4 Å². The van der Waals surface area contributed by atoms with E-state index in [4.69, 9.17) is 10.5 Å². The van der Waals surface area contributed by atoms with Crippen molar-refractivity contribution in [2.45, 2.75) is 6.42 Å². The summed E-state index contributed by atoms with van der Waals surface area (Å²) in [6.45, 7) is 4.38. The van der Waals surface area contributed by atoms with Gasteiger partial charge in [0.05, 0.1) is 28.0 Å². The molecule has 10 nitrogen and oxygen atoms in total. The normalized spacial score (nSPS) is 15.7. The molecule has 214 valence electrons. The molecule has 0 radical (unpaired) electrons. The topological polar surface area (TPSA) is 125 Å². The molecule has 10 heteroatoms. The Morgan fingerprint density at radius 3 is 2.60 bits per heavy atom. The molecular formula is C32H32N6O4. The van der Waals surface area contributed by atoms with E-state index in [2.05, 4.69) is 15.1 Å². The Morgan fingerprint density at radius 2 is 1.81 bits per heavy atom. The van der Waals surface area contributed by atoms with Gasteiger partial charge in [0.25, 0.3) is 17.7 Å². The summed E-state index contributed by atoms with van der Waals surface area (Å²) in [7, 11) is 1.70. The van der Waals surface area contributed by atoms with Crippen LogP contribution in [-0.2, 0) is 4.74 Å². The lowest BCUT2D eigenvalue weighted by Gasteiger charge is -2.35. The number of imide groups is 1. The minimum atomic E-state index is -0.512. The number of hydrogen-bond donors (Lipinski definition) is 2. The van der Waals surface area contributed by atoms with Gasteiger partial charge in [0.2, 0.25) is 0 Å². The highest BCUT2D eigenvalue weighted by atomic mass is 16.5. The molecule has 0 unspecified atom stereocenters. The summed E-state index contributed by atoms with van der Waals surface area (Å²) in [5, 5.41) is 8.35. The van der Waals surface area contributed by atoms with Gasteiger partial charge in [-0.3, -0.25) is 24.4 Å². The average Bonchev–Trinajstić information content (AvgIpc) is 3.54. The molecule has 1 fully saturated rings. The molecule has 2 aliphatic rings. The summed E-state index contributed by atoms with van der Waals surface area (Å²) in [5.41, 5.74) is 9.70. The van der Waals surface area contributed by atoms with E-state index in [0.29, 0.717) is 42.2 Å². The third-order valence-corrected chi connectivity index (χ3v) is 7.87. The summed E-state index contributed by atoms with van der Waals surface area (Å²) < 4.78 is 5.15. The number of carbonyl (C=O) groups is 3. The van der Waals surface area contributed by atoms with E-state index in [1.807, 2.05) is 35.2 Å². The van der Waals surface area contributed by atoms with Gasteiger partial charge in [0.15, 0.2) is 0 Å². The summed E-state index contributed by atoms with van der Waals surface area (Å²) in [5.74, 6) is -1.13. The average molecular weight is 565 g/mol. The lowest BCUT2D eigenvalue weighted by atomic mass is 10.0. The van der Waals surface area contributed by atoms with Gasteiger partial charge < -0.3 is 15.4 Å². The Hall–Kier alpha value is -4.80. The van der Waals surface area contributed by atoms with Crippen molar-refractivity contribution in [3.05, 3.63) is 88.6 Å². The van der Waals surface area contributed by atoms with Crippen molar-refractivity contribution < 1.29 is 19.1 Å². The first-order valence-electron chi connectivity index (χ1n) is 14.0. The maximum Gasteiger partial charge on any atom is 0.268 e. The molecule has 1 aromatic heterocycles. The van der Waals surface area contributed by atoms with Crippen LogP contribution in [0.1, 0.15) is 48.8 Å². The highest BCUT2D eigenvalue weighted by Crippen LogP contribution is 2.35. The Morgan fingerprint density at radius 1 is 1.00 bits per heavy atom. The molecule has 3 N–H and O–H groups in total. The van der Waals surface area contributed by atoms with Crippen LogP contribution in [0.3, 0.4) is 0 Å². The van der Waals surface area contributed by atoms with Crippen LogP contribution in [-0.4, -0.2) is 84.2 Å². The van der Waals surface area contributed by atoms with Crippen LogP contribution in [0.15, 0.2) is 60.7 Å². The van der Waals surface area contributed by atoms with Crippen molar-refractivity contribution in [3.8, 4) is 0 Å². The molecule has 0 aliphatic carbocycles. The predicted octanol–water partition coefficient (Wildman–Crippen LogP) is 3.91. The molecule has 4 aromatic rings. The molecular weight excluding hydrogens is 532 g/mol. The summed E-state index contributed by atoms with van der Waals surface area (Å²) in [4.78, 5) is 46.0. The quantitative estimate of drug-likeness (QED) is 0.189. The summed E-state index contributed by atoms with van der Waals surface area (Å²) in [6.07, 6.45) is 4.58. The largest absolute Gasteiger partial charge is 0.398 e. The van der Waals surface area contributed by atoms with Crippen LogP contribution >= 0.6 is 0 Å². The number of ether oxygens (including phenoxy) is 1. The fourth-order valence-electron chi connectivity index (χ4n) is 5.61. The highest BCUT2D eigenvalue weighted by molar-refractivity contribution is 6.36. The van der Waals surface area contributed by atoms with Gasteiger partial charge in [-0.2, -0.15) is 5.10 Å². The van der Waals surface area contributed by atoms with Crippen molar-refractivity contribution in [1.29, 1.82) is 0 Å². The van der Waals surface area contributed by atoms with Crippen molar-refractivity contribution in [2.24, 2.45) is 0 Å². The third-order valence-electron chi connectivity index (χ3n) is 7.87. The molecule has 0 saturated carbocycles. The molecule has 42 heavy (non-hydrogen) atoms. The van der Waals surface area contributed by atoms with Crippen LogP contribution in [0.25, 0.3) is 23.1 Å². The van der Waals surface area contributed by atoms with E-state index >= 15 is 0 Å². The Labute approximate surface area is 243 Å². The number of hydrogen-bond acceptors (Lipinski definition) is 7. The number of carbonyl (C=O) groups excluding carboxylic acids is 3. The van der Waals surface area contributed by atoms with Gasteiger partial charge in [-0.15, -0.1) is 0 Å². The monoisotopic (exact) mass is 564 g/mol. The number of nitrogen functional groups attached to an aromatic ring is 1. The molecule has 6 rings (SSSR count). The number of nitrogens with zero attached hydrogens (tertiary/aromatic N) is 4. The zero-order valence-corrected chi connectivity index (χ0v) is 23.4. The summed E-state index contributed by atoms with van der Waals surface area (Å²) in [6, 6.07) is 17.8. The number of rotatable bonds is 8. The third kappa shape index (κ3) is 5.06. The Bertz CT molecular complexity index is 1700. The number of methoxy groups -OCH3 is 1. The number of aromatic nitrogens is 2. The second-order valence-corrected chi connectivity index (χ2v) is 10.5. The van der Waals surface area contributed by atoms with Crippen LogP contribution in [0.2, 0.25) is 0 Å². The molecule has 3 amide bonds. The standard InChI is InChI=1S/C32H32N6O4/c1-42-19-5-14-36-15-17-37(18-16-36)30(39)22-11-10-21(12-13-27-23-6-2-3-9-26(23)34-35-27)28(20-22)38-31(40)24-7-4-8-25(33)29(24)32(38)41/h2-4,6-13,20H,5,14-19,33H2,1H3,(H,34,35). The molecule has 3 heterocycles. The van der Waals surface area contributed by atoms with Crippen LogP contribution < -0.4 is 10.6 Å². The summed E-state index contributed by atoms with van der Waals surface area (Å²) >= 11 is 0. The van der Waals surface area contributed by atoms with E-state index in [9.17, 15) is 14.4 Å². The van der Waals surface area contributed by atoms with E-state index < -0.39 is 11.8 Å². The van der Waals surface area contributed by atoms with E-state index in [1.54, 1.807) is 49.6 Å². The number of benzene rings is 3. The molecule has 1 saturated heterocycles. The first-order chi connectivity index (χ1) is 20.5. The van der Waals surface area contributed by atoms with Gasteiger partial charge in [0.1, 0.15) is 0 Å². The Balaban J connectivity index is 1.33. The number of anilines is 2. The van der Waals surface area contributed by atoms with Crippen molar-refractivity contribution >= 4 is 52.2 Å². The first-order valence-corrected chi connectivity index (χ1v) is 14.0. The van der Waals surface area contributed by atoms with Crippen LogP contribution in [0.5, 0.6) is 0 Å². The smallest absolute Gasteiger partial charge is 0.268 e. The van der Waals surface area contributed by atoms with E-state index in [0.717, 1.165) is 41.9 Å². The minimum absolute atomic E-state index is 0.141. The maximum absolute atomic E-state index is 13.6. The zero-order valence-electron chi connectivity index (χ0n) is 23.4. The van der Waals surface area contributed by atoms with Crippen molar-refractivity contribution in [3.63, 3.8) is 0 Å². The fraction of sp³-hybridized carbons (Fsp3) is 0.250. The fourth-order valence-corrected chi connectivity index (χ4v) is 5.61. The number of amides is 3. The molecule has 3 aromatic carbocycles. The second-order valence-electron chi connectivity index (χ2n) is 10.5. The number of H-pyrrole nitrogens is 1. The highest BCUT2D eigenvalue weighted by Gasteiger charge is 2.39. The van der Waals surface area contributed by atoms with E-state index in [1.165, 1.54) is 0 Å². The predicted molar refractivity (Wildman–Crippen MR) is 162 cm³/mol. The SMILES string of the molecule is COCCCN1CCN(C(=O)c2ccc(C=Cc3n[nH]c4ccccc34)c(N3C(=O)c4cccc(N)c4C3=O)c2)CC1. The number of nitrogens with one attached hydrogen (secondary N) is 1. The van der Waals surface area contributed by atoms with Gasteiger partial charge in [-0.05, 0) is 48.4 Å². The number of aromatic amines is 1. The first kappa shape index (κ1) is 27.4. The molecule has 0 bridgehead atoms. The van der Waals surface area contributed by atoms with Crippen molar-refractivity contribution in [1.82, 2.24) is 20.0 Å². The number of para-hydroxylation sites is 1. The Kier molecular flexibility index (Phi) is 7.56. The second kappa shape index (κ2) is 11.6. The molecule has 0 spiro atoms. The lowest BCUT2D eigenvalue weighted by molar-refractivity contribution is 0.0623. The van der Waals surface area contributed by atoms with Crippen molar-refractivity contribution in [2.75, 3.05) is 57.1 Å². The zero-order chi connectivity index (χ0) is 29.2. The minimum Gasteiger partial charge on any atom is -0.398 e. The van der Waals surface area contributed by atoms with E-state index in [-0.39, 0.29) is 22.7 Å². The lowest BCUT2D eigenvalue weighted by Crippen LogP contribution is -2.49. The molecule has 2 aliphatic heterocycles. The molecule has 0 atom stereocenters. The van der Waals surface area contributed by atoms with Gasteiger partial charge >= 0.3 is 0 Å².